The summed E-state index contributed by atoms with van der Waals surface area (Å²) >= 11 is 3.58. The smallest absolute Gasteiger partial charge is 0.206 e. The zero-order chi connectivity index (χ0) is 13.4. The van der Waals surface area contributed by atoms with Crippen molar-refractivity contribution in [3.8, 4) is 0 Å². The number of nitrogens with zero attached hydrogens (tertiary/aromatic N) is 2. The van der Waals surface area contributed by atoms with Crippen LogP contribution in [0.1, 0.15) is 42.1 Å². The number of rotatable bonds is 4. The zero-order valence-corrected chi connectivity index (χ0v) is 12.8. The van der Waals surface area contributed by atoms with Gasteiger partial charge in [0.25, 0.3) is 0 Å². The Balaban J connectivity index is 1.50. The summed E-state index contributed by atoms with van der Waals surface area (Å²) in [5, 5.41) is 13.5. The molecular weight excluding hydrogens is 286 g/mol. The summed E-state index contributed by atoms with van der Waals surface area (Å²) in [7, 11) is 0. The van der Waals surface area contributed by atoms with Gasteiger partial charge in [0, 0.05) is 11.3 Å². The van der Waals surface area contributed by atoms with Crippen molar-refractivity contribution in [2.75, 3.05) is 5.32 Å². The van der Waals surface area contributed by atoms with Crippen LogP contribution in [-0.4, -0.2) is 16.2 Å². The normalized spacial score (nSPS) is 21.5. The summed E-state index contributed by atoms with van der Waals surface area (Å²) in [4.78, 5) is 0. The van der Waals surface area contributed by atoms with E-state index in [1.54, 1.807) is 11.3 Å². The first-order chi connectivity index (χ1) is 9.88. The molecule has 0 amide bonds. The van der Waals surface area contributed by atoms with E-state index in [0.29, 0.717) is 11.3 Å². The summed E-state index contributed by atoms with van der Waals surface area (Å²) in [6, 6.07) is 9.49. The van der Waals surface area contributed by atoms with Gasteiger partial charge in [0.1, 0.15) is 0 Å². The average molecular weight is 303 g/mol. The molecule has 0 aliphatic heterocycles. The molecule has 4 rings (SSSR count). The minimum Gasteiger partial charge on any atom is -0.357 e. The first-order valence-corrected chi connectivity index (χ1v) is 8.92. The second-order valence-corrected chi connectivity index (χ2v) is 7.92. The van der Waals surface area contributed by atoms with Gasteiger partial charge in [0.05, 0.1) is 0 Å². The molecule has 0 radical (unpaired) electrons. The predicted molar refractivity (Wildman–Crippen MR) is 84.5 cm³/mol. The fraction of sp³-hybridized carbons (Fsp3) is 0.467. The molecule has 2 aliphatic carbocycles. The minimum absolute atomic E-state index is 0.543. The van der Waals surface area contributed by atoms with E-state index in [-0.39, 0.29) is 0 Å². The van der Waals surface area contributed by atoms with Crippen LogP contribution >= 0.6 is 23.1 Å². The van der Waals surface area contributed by atoms with Gasteiger partial charge < -0.3 is 5.32 Å². The van der Waals surface area contributed by atoms with E-state index in [4.69, 9.17) is 0 Å². The molecular formula is C15H17N3S2. The summed E-state index contributed by atoms with van der Waals surface area (Å²) in [6.45, 7) is 0. The number of hydrogen-bond donors (Lipinski definition) is 1. The van der Waals surface area contributed by atoms with Crippen molar-refractivity contribution in [3.63, 3.8) is 0 Å². The Morgan fingerprint density at radius 1 is 1.15 bits per heavy atom. The maximum Gasteiger partial charge on any atom is 0.206 e. The molecule has 2 aliphatic rings. The topological polar surface area (TPSA) is 37.8 Å². The van der Waals surface area contributed by atoms with E-state index in [1.165, 1.54) is 43.2 Å². The van der Waals surface area contributed by atoms with Crippen molar-refractivity contribution in [1.29, 1.82) is 0 Å². The van der Waals surface area contributed by atoms with Gasteiger partial charge in [-0.3, -0.25) is 0 Å². The molecule has 2 aromatic rings. The Labute approximate surface area is 127 Å². The highest BCUT2D eigenvalue weighted by atomic mass is 32.2. The van der Waals surface area contributed by atoms with Crippen molar-refractivity contribution in [2.24, 2.45) is 0 Å². The predicted octanol–water partition coefficient (Wildman–Crippen LogP) is 4.28. The Morgan fingerprint density at radius 3 is 2.95 bits per heavy atom. The van der Waals surface area contributed by atoms with E-state index >= 15 is 0 Å². The molecule has 1 N–H and O–H groups in total. The molecule has 1 aromatic carbocycles. The van der Waals surface area contributed by atoms with Crippen LogP contribution in [0.3, 0.4) is 0 Å². The molecule has 1 fully saturated rings. The van der Waals surface area contributed by atoms with E-state index < -0.39 is 0 Å². The van der Waals surface area contributed by atoms with Crippen LogP contribution in [0.2, 0.25) is 0 Å². The van der Waals surface area contributed by atoms with Crippen LogP contribution in [0, 0.1) is 0 Å². The van der Waals surface area contributed by atoms with E-state index in [1.807, 2.05) is 11.8 Å². The number of nitrogens with one attached hydrogen (secondary N) is 1. The highest BCUT2D eigenvalue weighted by Gasteiger charge is 2.24. The van der Waals surface area contributed by atoms with Gasteiger partial charge in [0.15, 0.2) is 4.34 Å². The number of thioether (sulfide) groups is 1. The van der Waals surface area contributed by atoms with Gasteiger partial charge in [-0.15, -0.1) is 10.2 Å². The number of aryl methyl sites for hydroxylation is 1. The van der Waals surface area contributed by atoms with Gasteiger partial charge in [-0.1, -0.05) is 47.4 Å². The molecule has 1 saturated carbocycles. The quantitative estimate of drug-likeness (QED) is 0.914. The Bertz CT molecular complexity index is 607. The fourth-order valence-electron chi connectivity index (χ4n) is 2.67. The Morgan fingerprint density at radius 2 is 2.05 bits per heavy atom. The van der Waals surface area contributed by atoms with E-state index in [9.17, 15) is 0 Å². The molecule has 1 heterocycles. The zero-order valence-electron chi connectivity index (χ0n) is 11.2. The van der Waals surface area contributed by atoms with Gasteiger partial charge in [-0.05, 0) is 43.2 Å². The molecule has 0 saturated heterocycles. The highest BCUT2D eigenvalue weighted by Crippen LogP contribution is 2.44. The lowest BCUT2D eigenvalue weighted by Gasteiger charge is -2.23. The van der Waals surface area contributed by atoms with Gasteiger partial charge in [-0.2, -0.15) is 0 Å². The van der Waals surface area contributed by atoms with Crippen molar-refractivity contribution in [1.82, 2.24) is 10.2 Å². The largest absolute Gasteiger partial charge is 0.357 e. The molecule has 104 valence electrons. The standard InChI is InChI=1S/C15H17N3S2/c1-2-6-12-10(4-1)5-3-7-13(12)19-15-18-17-14(20-15)16-11-8-9-11/h1-2,4,6,11,13H,3,5,7-9H2,(H,16,17). The first kappa shape index (κ1) is 12.7. The highest BCUT2D eigenvalue weighted by molar-refractivity contribution is 8.01. The van der Waals surface area contributed by atoms with Crippen LogP contribution in [-0.2, 0) is 6.42 Å². The number of aromatic nitrogens is 2. The van der Waals surface area contributed by atoms with Gasteiger partial charge in [0.2, 0.25) is 5.13 Å². The third-order valence-electron chi connectivity index (χ3n) is 3.87. The number of anilines is 1. The second-order valence-electron chi connectivity index (χ2n) is 5.49. The maximum atomic E-state index is 4.33. The minimum atomic E-state index is 0.543. The molecule has 3 nitrogen and oxygen atoms in total. The maximum absolute atomic E-state index is 4.33. The van der Waals surface area contributed by atoms with Gasteiger partial charge >= 0.3 is 0 Å². The van der Waals surface area contributed by atoms with Gasteiger partial charge in [-0.25, -0.2) is 0 Å². The SMILES string of the molecule is c1ccc2c(c1)CCCC2Sc1nnc(NC2CC2)s1. The number of benzene rings is 1. The molecule has 0 spiro atoms. The van der Waals surface area contributed by atoms with Crippen LogP contribution in [0.4, 0.5) is 5.13 Å². The Hall–Kier alpha value is -1.07. The van der Waals surface area contributed by atoms with E-state index in [2.05, 4.69) is 39.8 Å². The van der Waals surface area contributed by atoms with Crippen molar-refractivity contribution >= 4 is 28.2 Å². The lowest BCUT2D eigenvalue weighted by atomic mass is 9.91. The monoisotopic (exact) mass is 303 g/mol. The van der Waals surface area contributed by atoms with Crippen LogP contribution in [0.5, 0.6) is 0 Å². The third kappa shape index (κ3) is 2.69. The van der Waals surface area contributed by atoms with Crippen LogP contribution < -0.4 is 5.32 Å². The lowest BCUT2D eigenvalue weighted by Crippen LogP contribution is -2.06. The molecule has 20 heavy (non-hydrogen) atoms. The second kappa shape index (κ2) is 5.37. The van der Waals surface area contributed by atoms with Crippen molar-refractivity contribution in [2.45, 2.75) is 47.7 Å². The molecule has 0 bridgehead atoms. The molecule has 1 aromatic heterocycles. The first-order valence-electron chi connectivity index (χ1n) is 7.23. The summed E-state index contributed by atoms with van der Waals surface area (Å²) < 4.78 is 1.09. The van der Waals surface area contributed by atoms with Crippen molar-refractivity contribution < 1.29 is 0 Å². The Kier molecular flexibility index (Phi) is 3.40. The average Bonchev–Trinajstić information content (AvgIpc) is 3.18. The lowest BCUT2D eigenvalue weighted by molar-refractivity contribution is 0.673. The fourth-order valence-corrected chi connectivity index (χ4v) is 4.98. The van der Waals surface area contributed by atoms with Crippen LogP contribution in [0.15, 0.2) is 28.6 Å². The van der Waals surface area contributed by atoms with E-state index in [0.717, 1.165) is 9.47 Å². The summed E-state index contributed by atoms with van der Waals surface area (Å²) in [5.41, 5.74) is 3.01. The van der Waals surface area contributed by atoms with Crippen molar-refractivity contribution in [3.05, 3.63) is 35.4 Å². The number of hydrogen-bond acceptors (Lipinski definition) is 5. The summed E-state index contributed by atoms with van der Waals surface area (Å²) in [6.07, 6.45) is 6.29. The van der Waals surface area contributed by atoms with Crippen LogP contribution in [0.25, 0.3) is 0 Å². The molecule has 1 atom stereocenters. The molecule has 1 unspecified atom stereocenters. The molecule has 5 heteroatoms. The summed E-state index contributed by atoms with van der Waals surface area (Å²) in [5.74, 6) is 0. The third-order valence-corrected chi connectivity index (χ3v) is 6.11. The number of fused-ring (bicyclic) bond motifs is 1.